The van der Waals surface area contributed by atoms with Gasteiger partial charge < -0.3 is 9.47 Å². The van der Waals surface area contributed by atoms with Gasteiger partial charge in [-0.25, -0.2) is 0 Å². The first kappa shape index (κ1) is 19.3. The van der Waals surface area contributed by atoms with Crippen LogP contribution in [0.25, 0.3) is 0 Å². The van der Waals surface area contributed by atoms with Crippen molar-refractivity contribution < 1.29 is 26.9 Å². The normalized spacial score (nSPS) is 12.8. The number of halogens is 3. The van der Waals surface area contributed by atoms with Gasteiger partial charge in [-0.2, -0.15) is 18.3 Å². The average Bonchev–Trinajstić information content (AvgIpc) is 2.97. The van der Waals surface area contributed by atoms with Gasteiger partial charge in [0.05, 0.1) is 25.7 Å². The van der Waals surface area contributed by atoms with Gasteiger partial charge in [0.1, 0.15) is 6.54 Å². The Hall–Kier alpha value is -2.03. The summed E-state index contributed by atoms with van der Waals surface area (Å²) in [6.07, 6.45) is -2.56. The molecule has 0 N–H and O–H groups in total. The summed E-state index contributed by atoms with van der Waals surface area (Å²) in [4.78, 5) is 0. The van der Waals surface area contributed by atoms with Crippen LogP contribution in [0.3, 0.4) is 0 Å². The van der Waals surface area contributed by atoms with Gasteiger partial charge in [-0.15, -0.1) is 0 Å². The van der Waals surface area contributed by atoms with Crippen LogP contribution >= 0.6 is 0 Å². The van der Waals surface area contributed by atoms with Crippen molar-refractivity contribution in [1.82, 2.24) is 9.78 Å². The van der Waals surface area contributed by atoms with Crippen LogP contribution in [0.15, 0.2) is 30.5 Å². The second kappa shape index (κ2) is 8.37. The molecule has 0 aliphatic carbocycles. The zero-order valence-corrected chi connectivity index (χ0v) is 14.7. The van der Waals surface area contributed by atoms with E-state index in [2.05, 4.69) is 5.10 Å². The minimum Gasteiger partial charge on any atom is -0.493 e. The fourth-order valence-corrected chi connectivity index (χ4v) is 3.48. The summed E-state index contributed by atoms with van der Waals surface area (Å²) in [6, 6.07) is 6.85. The van der Waals surface area contributed by atoms with Crippen LogP contribution in [-0.4, -0.2) is 40.1 Å². The van der Waals surface area contributed by atoms with Crippen LogP contribution < -0.4 is 9.47 Å². The second-order valence-electron chi connectivity index (χ2n) is 5.32. The molecule has 0 radical (unpaired) electrons. The molecule has 1 aromatic carbocycles. The number of hydrogen-bond donors (Lipinski definition) is 0. The summed E-state index contributed by atoms with van der Waals surface area (Å²) < 4.78 is 60.9. The van der Waals surface area contributed by atoms with Crippen molar-refractivity contribution in [2.75, 3.05) is 20.0 Å². The highest BCUT2D eigenvalue weighted by Crippen LogP contribution is 2.27. The quantitative estimate of drug-likeness (QED) is 0.711. The number of benzene rings is 1. The zero-order valence-electron chi connectivity index (χ0n) is 13.9. The number of aromatic nitrogens is 2. The van der Waals surface area contributed by atoms with E-state index in [-0.39, 0.29) is 5.75 Å². The molecule has 0 fully saturated rings. The van der Waals surface area contributed by atoms with E-state index in [1.165, 1.54) is 26.5 Å². The molecule has 2 aromatic rings. The van der Waals surface area contributed by atoms with E-state index < -0.39 is 23.5 Å². The van der Waals surface area contributed by atoms with E-state index >= 15 is 0 Å². The highest BCUT2D eigenvalue weighted by molar-refractivity contribution is 7.84. The summed E-state index contributed by atoms with van der Waals surface area (Å²) >= 11 is 0. The lowest BCUT2D eigenvalue weighted by atomic mass is 10.1. The third-order valence-electron chi connectivity index (χ3n) is 3.51. The van der Waals surface area contributed by atoms with Crippen molar-refractivity contribution in [3.05, 3.63) is 41.7 Å². The van der Waals surface area contributed by atoms with E-state index in [1.807, 2.05) is 6.07 Å². The van der Waals surface area contributed by atoms with Gasteiger partial charge in [-0.3, -0.25) is 8.89 Å². The molecule has 5 nitrogen and oxygen atoms in total. The van der Waals surface area contributed by atoms with Crippen molar-refractivity contribution in [1.29, 1.82) is 0 Å². The van der Waals surface area contributed by atoms with Crippen molar-refractivity contribution in [2.45, 2.75) is 24.9 Å². The third kappa shape index (κ3) is 5.77. The molecule has 0 saturated heterocycles. The molecular weight excluding hydrogens is 357 g/mol. The summed E-state index contributed by atoms with van der Waals surface area (Å²) in [5.74, 6) is 1.54. The van der Waals surface area contributed by atoms with Crippen molar-refractivity contribution in [3.63, 3.8) is 0 Å². The van der Waals surface area contributed by atoms with Crippen LogP contribution in [0.5, 0.6) is 11.5 Å². The zero-order chi connectivity index (χ0) is 18.4. The number of rotatable bonds is 8. The minimum absolute atomic E-state index is 0.0311. The van der Waals surface area contributed by atoms with Gasteiger partial charge in [-0.05, 0) is 30.2 Å². The maximum absolute atomic E-state index is 12.5. The molecule has 0 spiro atoms. The Labute approximate surface area is 146 Å². The highest BCUT2D eigenvalue weighted by Gasteiger charge is 2.29. The van der Waals surface area contributed by atoms with Crippen molar-refractivity contribution in [2.24, 2.45) is 0 Å². The van der Waals surface area contributed by atoms with E-state index in [4.69, 9.17) is 9.47 Å². The fourth-order valence-electron chi connectivity index (χ4n) is 2.30. The van der Waals surface area contributed by atoms with Crippen LogP contribution in [0.2, 0.25) is 0 Å². The van der Waals surface area contributed by atoms with Crippen LogP contribution in [0.4, 0.5) is 13.2 Å². The van der Waals surface area contributed by atoms with E-state index in [0.29, 0.717) is 29.4 Å². The van der Waals surface area contributed by atoms with Gasteiger partial charge >= 0.3 is 6.18 Å². The Morgan fingerprint density at radius 1 is 1.16 bits per heavy atom. The molecule has 1 heterocycles. The van der Waals surface area contributed by atoms with Gasteiger partial charge in [-0.1, -0.05) is 6.07 Å². The minimum atomic E-state index is -4.36. The Morgan fingerprint density at radius 3 is 2.52 bits per heavy atom. The number of aryl methyl sites for hydroxylation is 1. The number of methoxy groups -OCH3 is 2. The predicted molar refractivity (Wildman–Crippen MR) is 88.2 cm³/mol. The number of nitrogens with zero attached hydrogens (tertiary/aromatic N) is 2. The largest absolute Gasteiger partial charge is 0.493 e. The summed E-state index contributed by atoms with van der Waals surface area (Å²) in [6.45, 7) is -1.18. The Balaban J connectivity index is 1.95. The molecule has 0 bridgehead atoms. The number of alkyl halides is 3. The SMILES string of the molecule is COc1ccc(CCS(=O)Cc2ccnn2CC(F)(F)F)cc1OC. The predicted octanol–water partition coefficient (Wildman–Crippen LogP) is 2.95. The van der Waals surface area contributed by atoms with Crippen LogP contribution in [-0.2, 0) is 29.5 Å². The molecule has 0 aliphatic rings. The topological polar surface area (TPSA) is 53.3 Å². The summed E-state index contributed by atoms with van der Waals surface area (Å²) in [7, 11) is 1.76. The Kier molecular flexibility index (Phi) is 6.46. The number of ether oxygens (including phenoxy) is 2. The molecular formula is C16H19F3N2O3S. The first-order valence-corrected chi connectivity index (χ1v) is 8.94. The van der Waals surface area contributed by atoms with Crippen molar-refractivity contribution in [3.8, 4) is 11.5 Å². The molecule has 138 valence electrons. The second-order valence-corrected chi connectivity index (χ2v) is 6.90. The van der Waals surface area contributed by atoms with E-state index in [0.717, 1.165) is 10.2 Å². The van der Waals surface area contributed by atoms with Gasteiger partial charge in [0.25, 0.3) is 0 Å². The Bertz CT molecular complexity index is 732. The molecule has 0 amide bonds. The summed E-state index contributed by atoms with van der Waals surface area (Å²) in [5, 5.41) is 3.65. The van der Waals surface area contributed by atoms with Gasteiger partial charge in [0.2, 0.25) is 0 Å². The molecule has 0 saturated carbocycles. The molecule has 1 unspecified atom stereocenters. The van der Waals surface area contributed by atoms with Crippen LogP contribution in [0.1, 0.15) is 11.3 Å². The third-order valence-corrected chi connectivity index (χ3v) is 4.79. The molecule has 2 rings (SSSR count). The average molecular weight is 376 g/mol. The summed E-state index contributed by atoms with van der Waals surface area (Å²) in [5.41, 5.74) is 1.22. The Morgan fingerprint density at radius 2 is 1.88 bits per heavy atom. The maximum Gasteiger partial charge on any atom is 0.408 e. The standard InChI is InChI=1S/C16H19F3N2O3S/c1-23-14-4-3-12(9-15(14)24-2)6-8-25(22)10-13-5-7-20-21(13)11-16(17,18)19/h3-5,7,9H,6,8,10-11H2,1-2H3. The van der Waals surface area contributed by atoms with Gasteiger partial charge in [0, 0.05) is 22.7 Å². The van der Waals surface area contributed by atoms with E-state index in [1.54, 1.807) is 12.1 Å². The molecule has 9 heteroatoms. The maximum atomic E-state index is 12.5. The first-order valence-electron chi connectivity index (χ1n) is 7.45. The molecule has 1 aromatic heterocycles. The van der Waals surface area contributed by atoms with Crippen LogP contribution in [0, 0.1) is 0 Å². The fraction of sp³-hybridized carbons (Fsp3) is 0.438. The number of hydrogen-bond acceptors (Lipinski definition) is 4. The first-order chi connectivity index (χ1) is 11.8. The van der Waals surface area contributed by atoms with E-state index in [9.17, 15) is 17.4 Å². The van der Waals surface area contributed by atoms with Gasteiger partial charge in [0.15, 0.2) is 11.5 Å². The smallest absolute Gasteiger partial charge is 0.408 e. The molecule has 0 aliphatic heterocycles. The monoisotopic (exact) mass is 376 g/mol. The lowest BCUT2D eigenvalue weighted by molar-refractivity contribution is -0.142. The highest BCUT2D eigenvalue weighted by atomic mass is 32.2. The molecule has 1 atom stereocenters. The molecule has 25 heavy (non-hydrogen) atoms. The lowest BCUT2D eigenvalue weighted by Crippen LogP contribution is -2.21. The van der Waals surface area contributed by atoms with Crippen molar-refractivity contribution >= 4 is 10.8 Å². The lowest BCUT2D eigenvalue weighted by Gasteiger charge is -2.11.